The summed E-state index contributed by atoms with van der Waals surface area (Å²) in [5, 5.41) is 12.4. The summed E-state index contributed by atoms with van der Waals surface area (Å²) >= 11 is 3.72. The zero-order valence-corrected chi connectivity index (χ0v) is 33.2. The van der Waals surface area contributed by atoms with Crippen LogP contribution in [-0.4, -0.2) is 14.5 Å². The molecule has 274 valence electrons. The van der Waals surface area contributed by atoms with Gasteiger partial charge in [0.2, 0.25) is 5.95 Å². The molecular weight excluding hydrogens is 755 g/mol. The predicted molar refractivity (Wildman–Crippen MR) is 253 cm³/mol. The zero-order valence-electron chi connectivity index (χ0n) is 31.6. The van der Waals surface area contributed by atoms with Crippen molar-refractivity contribution in [3.8, 4) is 39.6 Å². The quantitative estimate of drug-likeness (QED) is 0.178. The Balaban J connectivity index is 1.17. The first-order valence-electron chi connectivity index (χ1n) is 19.9. The van der Waals surface area contributed by atoms with E-state index in [1.54, 1.807) is 0 Å². The summed E-state index contributed by atoms with van der Waals surface area (Å²) in [4.78, 5) is 11.0. The molecule has 0 saturated heterocycles. The van der Waals surface area contributed by atoms with Gasteiger partial charge in [-0.3, -0.25) is 4.57 Å². The lowest BCUT2D eigenvalue weighted by molar-refractivity contribution is 0.999. The van der Waals surface area contributed by atoms with Gasteiger partial charge in [-0.2, -0.15) is 0 Å². The average Bonchev–Trinajstić information content (AvgIpc) is 3.99. The van der Waals surface area contributed by atoms with Crippen LogP contribution in [0.1, 0.15) is 0 Å². The predicted octanol–water partition coefficient (Wildman–Crippen LogP) is 15.6. The monoisotopic (exact) mass is 785 g/mol. The number of nitrogens with zero attached hydrogens (tertiary/aromatic N) is 3. The summed E-state index contributed by atoms with van der Waals surface area (Å²) in [5.74, 6) is 0.655. The van der Waals surface area contributed by atoms with Gasteiger partial charge in [-0.05, 0) is 75.1 Å². The molecule has 0 unspecified atom stereocenters. The molecule has 0 aliphatic carbocycles. The molecule has 0 aliphatic rings. The highest BCUT2D eigenvalue weighted by molar-refractivity contribution is 7.27. The van der Waals surface area contributed by atoms with Crippen molar-refractivity contribution in [2.24, 2.45) is 0 Å². The molecule has 0 N–H and O–H groups in total. The molecule has 3 nitrogen and oxygen atoms in total. The molecule has 0 bridgehead atoms. The van der Waals surface area contributed by atoms with E-state index < -0.39 is 0 Å². The highest BCUT2D eigenvalue weighted by Gasteiger charge is 2.24. The van der Waals surface area contributed by atoms with Crippen LogP contribution in [0, 0.1) is 0 Å². The van der Waals surface area contributed by atoms with E-state index in [1.807, 2.05) is 22.7 Å². The standard InChI is InChI=1S/C54H31N3S2/c1-2-14-33(15-3-1)44-31-45(37-22-12-16-32-13-4-5-17-36(32)37)56-54(55-44)57-46-27-25-34(35-26-28-49-42(29-35)38-18-8-10-23-47(38)58-49)30-43(46)50-39-19-6-7-20-40(39)51-41-21-9-11-24-48(41)59-53(51)52(50)57/h1-31H. The molecule has 5 heteroatoms. The molecule has 0 radical (unpaired) electrons. The molecule has 0 amide bonds. The Bertz CT molecular complexity index is 3850. The molecule has 59 heavy (non-hydrogen) atoms. The molecule has 0 fully saturated rings. The van der Waals surface area contributed by atoms with Crippen molar-refractivity contribution in [1.82, 2.24) is 14.5 Å². The van der Waals surface area contributed by atoms with Gasteiger partial charge in [0.05, 0.1) is 27.1 Å². The summed E-state index contributed by atoms with van der Waals surface area (Å²) < 4.78 is 7.49. The van der Waals surface area contributed by atoms with Crippen LogP contribution in [0.15, 0.2) is 188 Å². The van der Waals surface area contributed by atoms with E-state index >= 15 is 0 Å². The average molecular weight is 786 g/mol. The van der Waals surface area contributed by atoms with Crippen LogP contribution in [0.5, 0.6) is 0 Å². The molecule has 0 spiro atoms. The van der Waals surface area contributed by atoms with Crippen LogP contribution in [0.25, 0.3) is 123 Å². The third-order valence-electron chi connectivity index (χ3n) is 12.0. The lowest BCUT2D eigenvalue weighted by atomic mass is 9.97. The van der Waals surface area contributed by atoms with Crippen LogP contribution in [0.3, 0.4) is 0 Å². The Morgan fingerprint density at radius 1 is 0.373 bits per heavy atom. The Morgan fingerprint density at radius 3 is 1.81 bits per heavy atom. The summed E-state index contributed by atoms with van der Waals surface area (Å²) in [6.45, 7) is 0. The van der Waals surface area contributed by atoms with E-state index in [9.17, 15) is 0 Å². The molecule has 4 aromatic heterocycles. The van der Waals surface area contributed by atoms with E-state index in [4.69, 9.17) is 9.97 Å². The first kappa shape index (κ1) is 32.9. The van der Waals surface area contributed by atoms with Gasteiger partial charge in [0.25, 0.3) is 0 Å². The zero-order chi connectivity index (χ0) is 38.6. The van der Waals surface area contributed by atoms with Crippen molar-refractivity contribution in [2.45, 2.75) is 0 Å². The van der Waals surface area contributed by atoms with Gasteiger partial charge < -0.3 is 0 Å². The fourth-order valence-corrected chi connectivity index (χ4v) is 11.7. The Labute approximate surface area is 346 Å². The molecule has 13 rings (SSSR count). The van der Waals surface area contributed by atoms with Crippen LogP contribution >= 0.6 is 22.7 Å². The van der Waals surface area contributed by atoms with E-state index in [-0.39, 0.29) is 0 Å². The number of benzene rings is 9. The number of rotatable bonds is 4. The normalized spacial score (nSPS) is 12.1. The summed E-state index contributed by atoms with van der Waals surface area (Å²) in [6, 6.07) is 68.2. The maximum atomic E-state index is 5.56. The maximum Gasteiger partial charge on any atom is 0.235 e. The number of fused-ring (bicyclic) bond motifs is 14. The molecular formula is C54H31N3S2. The van der Waals surface area contributed by atoms with Crippen molar-refractivity contribution in [2.75, 3.05) is 0 Å². The third-order valence-corrected chi connectivity index (χ3v) is 14.3. The highest BCUT2D eigenvalue weighted by atomic mass is 32.1. The maximum absolute atomic E-state index is 5.56. The highest BCUT2D eigenvalue weighted by Crippen LogP contribution is 2.48. The lowest BCUT2D eigenvalue weighted by Gasteiger charge is -2.14. The van der Waals surface area contributed by atoms with Crippen molar-refractivity contribution in [3.63, 3.8) is 0 Å². The summed E-state index contributed by atoms with van der Waals surface area (Å²) in [7, 11) is 0. The minimum Gasteiger partial charge on any atom is -0.276 e. The van der Waals surface area contributed by atoms with Gasteiger partial charge >= 0.3 is 0 Å². The minimum atomic E-state index is 0.655. The molecule has 0 atom stereocenters. The smallest absolute Gasteiger partial charge is 0.235 e. The largest absolute Gasteiger partial charge is 0.276 e. The van der Waals surface area contributed by atoms with Gasteiger partial charge in [0.1, 0.15) is 0 Å². The Kier molecular flexibility index (Phi) is 7.05. The molecule has 13 aromatic rings. The van der Waals surface area contributed by atoms with Crippen molar-refractivity contribution < 1.29 is 0 Å². The molecule has 0 aliphatic heterocycles. The third kappa shape index (κ3) is 4.93. The van der Waals surface area contributed by atoms with Crippen molar-refractivity contribution in [3.05, 3.63) is 188 Å². The van der Waals surface area contributed by atoms with Crippen LogP contribution < -0.4 is 0 Å². The van der Waals surface area contributed by atoms with Crippen LogP contribution in [0.4, 0.5) is 0 Å². The second-order valence-corrected chi connectivity index (χ2v) is 17.4. The number of hydrogen-bond donors (Lipinski definition) is 0. The van der Waals surface area contributed by atoms with Crippen LogP contribution in [0.2, 0.25) is 0 Å². The molecule has 0 saturated carbocycles. The summed E-state index contributed by atoms with van der Waals surface area (Å²) in [5.41, 5.74) is 8.52. The van der Waals surface area contributed by atoms with Gasteiger partial charge in [-0.15, -0.1) is 22.7 Å². The fraction of sp³-hybridized carbons (Fsp3) is 0. The van der Waals surface area contributed by atoms with Crippen molar-refractivity contribution >= 4 is 106 Å². The topological polar surface area (TPSA) is 30.7 Å². The number of hydrogen-bond acceptors (Lipinski definition) is 4. The van der Waals surface area contributed by atoms with E-state index in [0.29, 0.717) is 5.95 Å². The van der Waals surface area contributed by atoms with Gasteiger partial charge in [0.15, 0.2) is 0 Å². The van der Waals surface area contributed by atoms with Gasteiger partial charge in [-0.25, -0.2) is 9.97 Å². The Hall–Kier alpha value is -7.18. The fourth-order valence-electron chi connectivity index (χ4n) is 9.35. The molecule has 9 aromatic carbocycles. The minimum absolute atomic E-state index is 0.655. The first-order chi connectivity index (χ1) is 29.2. The van der Waals surface area contributed by atoms with Crippen LogP contribution in [-0.2, 0) is 0 Å². The van der Waals surface area contributed by atoms with E-state index in [0.717, 1.165) is 33.5 Å². The van der Waals surface area contributed by atoms with Gasteiger partial charge in [0, 0.05) is 57.5 Å². The van der Waals surface area contributed by atoms with E-state index in [2.05, 4.69) is 193 Å². The number of aromatic nitrogens is 3. The molecule has 4 heterocycles. The van der Waals surface area contributed by atoms with Gasteiger partial charge in [-0.1, -0.05) is 146 Å². The Morgan fingerprint density at radius 2 is 0.983 bits per heavy atom. The summed E-state index contributed by atoms with van der Waals surface area (Å²) in [6.07, 6.45) is 0. The second kappa shape index (κ2) is 12.7. The first-order valence-corrected chi connectivity index (χ1v) is 21.5. The number of thiophene rings is 2. The lowest BCUT2D eigenvalue weighted by Crippen LogP contribution is -2.04. The van der Waals surface area contributed by atoms with E-state index in [1.165, 1.54) is 83.8 Å². The SMILES string of the molecule is c1ccc(-c2cc(-c3cccc4ccccc34)nc(-n3c4ccc(-c5ccc6sc7ccccc7c6c5)cc4c4c5ccccc5c5c6ccccc6sc5c43)n2)cc1. The van der Waals surface area contributed by atoms with Crippen molar-refractivity contribution in [1.29, 1.82) is 0 Å². The second-order valence-electron chi connectivity index (χ2n) is 15.3.